The lowest BCUT2D eigenvalue weighted by atomic mass is 10.1. The van der Waals surface area contributed by atoms with Crippen LogP contribution in [0, 0.1) is 0 Å². The summed E-state index contributed by atoms with van der Waals surface area (Å²) in [6.45, 7) is 1.93. The van der Waals surface area contributed by atoms with Crippen molar-refractivity contribution in [2.24, 2.45) is 0 Å². The highest BCUT2D eigenvalue weighted by Crippen LogP contribution is 2.40. The van der Waals surface area contributed by atoms with E-state index in [1.807, 2.05) is 18.2 Å². The Hall–Kier alpha value is -1.39. The van der Waals surface area contributed by atoms with Crippen molar-refractivity contribution in [1.29, 1.82) is 0 Å². The standard InChI is InChI=1S/C14H18N2O2/c17-14(13-9-18-7-6-15-13)16-12-8-11(12)10-4-2-1-3-5-10/h1-5,11-13,15H,6-9H2,(H,16,17). The Bertz CT molecular complexity index is 415. The first-order chi connectivity index (χ1) is 8.84. The van der Waals surface area contributed by atoms with Crippen LogP contribution >= 0.6 is 0 Å². The van der Waals surface area contributed by atoms with Crippen molar-refractivity contribution < 1.29 is 9.53 Å². The summed E-state index contributed by atoms with van der Waals surface area (Å²) in [4.78, 5) is 12.0. The molecule has 2 aliphatic rings. The van der Waals surface area contributed by atoms with Crippen LogP contribution in [0.3, 0.4) is 0 Å². The van der Waals surface area contributed by atoms with Gasteiger partial charge in [-0.25, -0.2) is 0 Å². The van der Waals surface area contributed by atoms with Gasteiger partial charge < -0.3 is 15.4 Å². The Kier molecular flexibility index (Phi) is 3.30. The number of carbonyl (C=O) groups excluding carboxylic acids is 1. The Morgan fingerprint density at radius 1 is 1.33 bits per heavy atom. The molecule has 0 aromatic heterocycles. The van der Waals surface area contributed by atoms with Crippen LogP contribution in [-0.4, -0.2) is 37.7 Å². The molecule has 3 atom stereocenters. The van der Waals surface area contributed by atoms with Crippen molar-refractivity contribution in [3.05, 3.63) is 35.9 Å². The van der Waals surface area contributed by atoms with Gasteiger partial charge in [0.15, 0.2) is 0 Å². The molecule has 4 heteroatoms. The fourth-order valence-electron chi connectivity index (χ4n) is 2.44. The SMILES string of the molecule is O=C(NC1CC1c1ccccc1)C1COCCN1. The Morgan fingerprint density at radius 2 is 2.17 bits per heavy atom. The van der Waals surface area contributed by atoms with Gasteiger partial charge in [-0.3, -0.25) is 4.79 Å². The van der Waals surface area contributed by atoms with Crippen LogP contribution in [0.2, 0.25) is 0 Å². The fourth-order valence-corrected chi connectivity index (χ4v) is 2.44. The van der Waals surface area contributed by atoms with Gasteiger partial charge in [0.25, 0.3) is 0 Å². The molecule has 3 rings (SSSR count). The largest absolute Gasteiger partial charge is 0.378 e. The molecule has 1 saturated heterocycles. The molecule has 1 aliphatic carbocycles. The van der Waals surface area contributed by atoms with E-state index in [1.54, 1.807) is 0 Å². The molecule has 1 saturated carbocycles. The third kappa shape index (κ3) is 2.54. The Labute approximate surface area is 107 Å². The number of benzene rings is 1. The van der Waals surface area contributed by atoms with Crippen LogP contribution in [0.25, 0.3) is 0 Å². The van der Waals surface area contributed by atoms with Crippen molar-refractivity contribution in [2.45, 2.75) is 24.4 Å². The highest BCUT2D eigenvalue weighted by Gasteiger charge is 2.40. The average Bonchev–Trinajstić information content (AvgIpc) is 3.20. The minimum atomic E-state index is -0.184. The minimum absolute atomic E-state index is 0.0677. The first-order valence-electron chi connectivity index (χ1n) is 6.51. The van der Waals surface area contributed by atoms with Crippen LogP contribution in [0.5, 0.6) is 0 Å². The number of rotatable bonds is 3. The van der Waals surface area contributed by atoms with E-state index in [9.17, 15) is 4.79 Å². The molecule has 18 heavy (non-hydrogen) atoms. The second-order valence-corrected chi connectivity index (χ2v) is 4.95. The van der Waals surface area contributed by atoms with Gasteiger partial charge in [0.1, 0.15) is 6.04 Å². The molecule has 1 amide bonds. The van der Waals surface area contributed by atoms with Gasteiger partial charge in [-0.2, -0.15) is 0 Å². The first kappa shape index (κ1) is 11.7. The molecule has 3 unspecified atom stereocenters. The summed E-state index contributed by atoms with van der Waals surface area (Å²) in [7, 11) is 0. The lowest BCUT2D eigenvalue weighted by Crippen LogP contribution is -2.51. The molecule has 2 fully saturated rings. The second kappa shape index (κ2) is 5.08. The molecule has 1 aliphatic heterocycles. The smallest absolute Gasteiger partial charge is 0.239 e. The zero-order valence-corrected chi connectivity index (χ0v) is 10.3. The van der Waals surface area contributed by atoms with Gasteiger partial charge in [-0.1, -0.05) is 30.3 Å². The molecule has 96 valence electrons. The number of ether oxygens (including phenoxy) is 1. The maximum absolute atomic E-state index is 12.0. The zero-order chi connectivity index (χ0) is 12.4. The highest BCUT2D eigenvalue weighted by atomic mass is 16.5. The monoisotopic (exact) mass is 246 g/mol. The van der Waals surface area contributed by atoms with Crippen LogP contribution in [0.15, 0.2) is 30.3 Å². The average molecular weight is 246 g/mol. The maximum atomic E-state index is 12.0. The third-order valence-corrected chi connectivity index (χ3v) is 3.58. The summed E-state index contributed by atoms with van der Waals surface area (Å²) in [6.07, 6.45) is 1.04. The maximum Gasteiger partial charge on any atom is 0.239 e. The van der Waals surface area contributed by atoms with E-state index < -0.39 is 0 Å². The van der Waals surface area contributed by atoms with Crippen molar-refractivity contribution in [3.8, 4) is 0 Å². The van der Waals surface area contributed by atoms with E-state index >= 15 is 0 Å². The molecule has 2 N–H and O–H groups in total. The summed E-state index contributed by atoms with van der Waals surface area (Å²) >= 11 is 0. The molecule has 0 radical (unpaired) electrons. The minimum Gasteiger partial charge on any atom is -0.378 e. The number of nitrogens with one attached hydrogen (secondary N) is 2. The molecule has 0 bridgehead atoms. The number of hydrogen-bond donors (Lipinski definition) is 2. The summed E-state index contributed by atoms with van der Waals surface area (Å²) in [5, 5.41) is 6.26. The number of carbonyl (C=O) groups is 1. The van der Waals surface area contributed by atoms with Gasteiger partial charge in [0.05, 0.1) is 13.2 Å². The Morgan fingerprint density at radius 3 is 2.89 bits per heavy atom. The zero-order valence-electron chi connectivity index (χ0n) is 10.3. The summed E-state index contributed by atoms with van der Waals surface area (Å²) in [5.41, 5.74) is 1.32. The fraction of sp³-hybridized carbons (Fsp3) is 0.500. The first-order valence-corrected chi connectivity index (χ1v) is 6.51. The Balaban J connectivity index is 1.51. The van der Waals surface area contributed by atoms with Crippen LogP contribution in [0.4, 0.5) is 0 Å². The number of morpholine rings is 1. The van der Waals surface area contributed by atoms with E-state index in [-0.39, 0.29) is 11.9 Å². The predicted octanol–water partition coefficient (Wildman–Crippen LogP) is 0.647. The molecule has 4 nitrogen and oxygen atoms in total. The van der Waals surface area contributed by atoms with E-state index in [1.165, 1.54) is 5.56 Å². The second-order valence-electron chi connectivity index (χ2n) is 4.95. The normalized spacial score (nSPS) is 30.8. The molecule has 1 aromatic rings. The molecule has 0 spiro atoms. The lowest BCUT2D eigenvalue weighted by Gasteiger charge is -2.22. The van der Waals surface area contributed by atoms with E-state index in [0.29, 0.717) is 25.2 Å². The van der Waals surface area contributed by atoms with Gasteiger partial charge in [0, 0.05) is 18.5 Å². The van der Waals surface area contributed by atoms with Crippen LogP contribution in [-0.2, 0) is 9.53 Å². The van der Waals surface area contributed by atoms with Crippen molar-refractivity contribution >= 4 is 5.91 Å². The highest BCUT2D eigenvalue weighted by molar-refractivity contribution is 5.82. The van der Waals surface area contributed by atoms with Crippen molar-refractivity contribution in [2.75, 3.05) is 19.8 Å². The van der Waals surface area contributed by atoms with Gasteiger partial charge in [0.2, 0.25) is 5.91 Å². The molecular formula is C14H18N2O2. The molecule has 1 heterocycles. The van der Waals surface area contributed by atoms with Crippen molar-refractivity contribution in [3.63, 3.8) is 0 Å². The van der Waals surface area contributed by atoms with Gasteiger partial charge >= 0.3 is 0 Å². The predicted molar refractivity (Wildman–Crippen MR) is 68.3 cm³/mol. The summed E-state index contributed by atoms with van der Waals surface area (Å²) in [6, 6.07) is 10.5. The molecule has 1 aromatic carbocycles. The van der Waals surface area contributed by atoms with Gasteiger partial charge in [-0.15, -0.1) is 0 Å². The summed E-state index contributed by atoms with van der Waals surface area (Å²) < 4.78 is 5.29. The van der Waals surface area contributed by atoms with Gasteiger partial charge in [-0.05, 0) is 12.0 Å². The van der Waals surface area contributed by atoms with Crippen LogP contribution < -0.4 is 10.6 Å². The quantitative estimate of drug-likeness (QED) is 0.823. The van der Waals surface area contributed by atoms with E-state index in [4.69, 9.17) is 4.74 Å². The summed E-state index contributed by atoms with van der Waals surface area (Å²) in [5.74, 6) is 0.554. The van der Waals surface area contributed by atoms with E-state index in [0.717, 1.165) is 13.0 Å². The van der Waals surface area contributed by atoms with E-state index in [2.05, 4.69) is 22.8 Å². The number of amides is 1. The lowest BCUT2D eigenvalue weighted by molar-refractivity contribution is -0.126. The number of hydrogen-bond acceptors (Lipinski definition) is 3. The third-order valence-electron chi connectivity index (χ3n) is 3.58. The topological polar surface area (TPSA) is 50.4 Å². The molecular weight excluding hydrogens is 228 g/mol. The van der Waals surface area contributed by atoms with Crippen molar-refractivity contribution in [1.82, 2.24) is 10.6 Å². The van der Waals surface area contributed by atoms with Crippen LogP contribution in [0.1, 0.15) is 17.9 Å².